The van der Waals surface area contributed by atoms with Gasteiger partial charge in [-0.1, -0.05) is 66.7 Å². The number of ether oxygens (including phenoxy) is 1. The second kappa shape index (κ2) is 9.06. The van der Waals surface area contributed by atoms with E-state index in [0.717, 1.165) is 16.9 Å². The summed E-state index contributed by atoms with van der Waals surface area (Å²) in [5, 5.41) is 13.7. The molecule has 0 fully saturated rings. The first-order valence-electron chi connectivity index (χ1n) is 9.04. The van der Waals surface area contributed by atoms with Crippen molar-refractivity contribution in [1.82, 2.24) is 5.32 Å². The Morgan fingerprint density at radius 1 is 0.926 bits per heavy atom. The molecule has 0 radical (unpaired) electrons. The zero-order chi connectivity index (χ0) is 19.1. The molecule has 0 unspecified atom stereocenters. The van der Waals surface area contributed by atoms with Gasteiger partial charge in [0.05, 0.1) is 7.11 Å². The minimum Gasteiger partial charge on any atom is -0.508 e. The highest BCUT2D eigenvalue weighted by Gasteiger charge is 2.22. The van der Waals surface area contributed by atoms with Crippen LogP contribution in [0.15, 0.2) is 91.5 Å². The summed E-state index contributed by atoms with van der Waals surface area (Å²) in [5.74, 6) is 1.21. The minimum absolute atomic E-state index is 0.00964. The van der Waals surface area contributed by atoms with Gasteiger partial charge >= 0.3 is 0 Å². The van der Waals surface area contributed by atoms with E-state index in [9.17, 15) is 5.11 Å². The lowest BCUT2D eigenvalue weighted by Crippen LogP contribution is -2.26. The normalized spacial score (nSPS) is 12.9. The molecular formula is C24H25NO2. The van der Waals surface area contributed by atoms with Gasteiger partial charge in [-0.3, -0.25) is 0 Å². The van der Waals surface area contributed by atoms with E-state index in [1.54, 1.807) is 13.2 Å². The van der Waals surface area contributed by atoms with Gasteiger partial charge in [0.25, 0.3) is 0 Å². The number of aromatic hydroxyl groups is 1. The fourth-order valence-corrected chi connectivity index (χ4v) is 3.28. The molecule has 0 saturated carbocycles. The van der Waals surface area contributed by atoms with Crippen LogP contribution in [0.4, 0.5) is 0 Å². The van der Waals surface area contributed by atoms with Crippen LogP contribution in [0.5, 0.6) is 11.5 Å². The van der Waals surface area contributed by atoms with Gasteiger partial charge in [-0.15, -0.1) is 6.58 Å². The van der Waals surface area contributed by atoms with Crippen LogP contribution in [0.1, 0.15) is 28.7 Å². The Balaban J connectivity index is 1.92. The Labute approximate surface area is 161 Å². The summed E-state index contributed by atoms with van der Waals surface area (Å²) in [6.45, 7) is 4.63. The third-order valence-electron chi connectivity index (χ3n) is 4.78. The van der Waals surface area contributed by atoms with E-state index in [2.05, 4.69) is 36.2 Å². The number of methoxy groups -OCH3 is 1. The second-order valence-corrected chi connectivity index (χ2v) is 6.43. The third-order valence-corrected chi connectivity index (χ3v) is 4.78. The first-order valence-corrected chi connectivity index (χ1v) is 9.04. The molecule has 0 aliphatic carbocycles. The maximum atomic E-state index is 10.1. The van der Waals surface area contributed by atoms with Gasteiger partial charge in [-0.05, 0) is 29.3 Å². The lowest BCUT2D eigenvalue weighted by atomic mass is 9.87. The van der Waals surface area contributed by atoms with E-state index in [1.807, 2.05) is 54.6 Å². The van der Waals surface area contributed by atoms with E-state index >= 15 is 0 Å². The van der Waals surface area contributed by atoms with Crippen LogP contribution in [0.3, 0.4) is 0 Å². The molecule has 0 amide bonds. The molecule has 3 rings (SSSR count). The highest BCUT2D eigenvalue weighted by Crippen LogP contribution is 2.33. The molecule has 0 bridgehead atoms. The summed E-state index contributed by atoms with van der Waals surface area (Å²) in [4.78, 5) is 0. The Bertz CT molecular complexity index is 859. The number of benzene rings is 3. The van der Waals surface area contributed by atoms with Crippen LogP contribution in [0, 0.1) is 0 Å². The molecule has 3 nitrogen and oxygen atoms in total. The molecule has 3 heteroatoms. The lowest BCUT2D eigenvalue weighted by Gasteiger charge is -2.27. The van der Waals surface area contributed by atoms with Crippen LogP contribution in [0.25, 0.3) is 0 Å². The average molecular weight is 359 g/mol. The maximum absolute atomic E-state index is 10.1. The molecule has 0 saturated heterocycles. The second-order valence-electron chi connectivity index (χ2n) is 6.43. The molecule has 0 aromatic heterocycles. The summed E-state index contributed by atoms with van der Waals surface area (Å²) in [5.41, 5.74) is 3.20. The van der Waals surface area contributed by atoms with Crippen LogP contribution in [-0.2, 0) is 6.54 Å². The Hall–Kier alpha value is -3.04. The number of rotatable bonds is 8. The van der Waals surface area contributed by atoms with Crippen LogP contribution >= 0.6 is 0 Å². The fraction of sp³-hybridized carbons (Fsp3) is 0.167. The molecule has 0 aliphatic rings. The number of nitrogens with one attached hydrogen (secondary N) is 1. The quantitative estimate of drug-likeness (QED) is 0.543. The van der Waals surface area contributed by atoms with Crippen molar-refractivity contribution in [2.45, 2.75) is 18.5 Å². The number of para-hydroxylation sites is 1. The molecule has 138 valence electrons. The SMILES string of the molecule is C=C[C@H](c1ccccc1)[C@H](NCc1ccccc1O)c1ccc(OC)cc1. The fourth-order valence-electron chi connectivity index (χ4n) is 3.28. The van der Waals surface area contributed by atoms with Gasteiger partial charge in [0.2, 0.25) is 0 Å². The molecular weight excluding hydrogens is 334 g/mol. The molecule has 27 heavy (non-hydrogen) atoms. The van der Waals surface area contributed by atoms with Gasteiger partial charge in [0.1, 0.15) is 11.5 Å². The zero-order valence-electron chi connectivity index (χ0n) is 15.5. The smallest absolute Gasteiger partial charge is 0.120 e. The van der Waals surface area contributed by atoms with Crippen LogP contribution < -0.4 is 10.1 Å². The highest BCUT2D eigenvalue weighted by atomic mass is 16.5. The van der Waals surface area contributed by atoms with Crippen molar-refractivity contribution in [2.75, 3.05) is 7.11 Å². The Kier molecular flexibility index (Phi) is 6.29. The maximum Gasteiger partial charge on any atom is 0.120 e. The van der Waals surface area contributed by atoms with Crippen molar-refractivity contribution >= 4 is 0 Å². The van der Waals surface area contributed by atoms with Gasteiger partial charge in [-0.25, -0.2) is 0 Å². The van der Waals surface area contributed by atoms with Crippen molar-refractivity contribution in [3.05, 3.63) is 108 Å². The number of hydrogen-bond acceptors (Lipinski definition) is 3. The molecule has 3 aromatic carbocycles. The molecule has 0 spiro atoms. The van der Waals surface area contributed by atoms with Crippen molar-refractivity contribution in [1.29, 1.82) is 0 Å². The van der Waals surface area contributed by atoms with E-state index in [0.29, 0.717) is 12.3 Å². The predicted molar refractivity (Wildman–Crippen MR) is 110 cm³/mol. The summed E-state index contributed by atoms with van der Waals surface area (Å²) < 4.78 is 5.29. The Morgan fingerprint density at radius 3 is 2.22 bits per heavy atom. The molecule has 2 atom stereocenters. The highest BCUT2D eigenvalue weighted by molar-refractivity contribution is 5.36. The summed E-state index contributed by atoms with van der Waals surface area (Å²) in [6, 6.07) is 25.8. The number of phenolic OH excluding ortho intramolecular Hbond substituents is 1. The number of hydrogen-bond donors (Lipinski definition) is 2. The Morgan fingerprint density at radius 2 is 1.59 bits per heavy atom. The van der Waals surface area contributed by atoms with Gasteiger partial charge < -0.3 is 15.2 Å². The molecule has 2 N–H and O–H groups in total. The van der Waals surface area contributed by atoms with Gasteiger partial charge in [0, 0.05) is 24.1 Å². The first-order chi connectivity index (χ1) is 13.2. The van der Waals surface area contributed by atoms with Gasteiger partial charge in [-0.2, -0.15) is 0 Å². The molecule has 0 aliphatic heterocycles. The average Bonchev–Trinajstić information content (AvgIpc) is 2.73. The third kappa shape index (κ3) is 4.57. The van der Waals surface area contributed by atoms with E-state index in [4.69, 9.17) is 4.74 Å². The van der Waals surface area contributed by atoms with Gasteiger partial charge in [0.15, 0.2) is 0 Å². The van der Waals surface area contributed by atoms with E-state index in [-0.39, 0.29) is 12.0 Å². The largest absolute Gasteiger partial charge is 0.508 e. The lowest BCUT2D eigenvalue weighted by molar-refractivity contribution is 0.413. The van der Waals surface area contributed by atoms with Crippen molar-refractivity contribution in [3.8, 4) is 11.5 Å². The monoisotopic (exact) mass is 359 g/mol. The van der Waals surface area contributed by atoms with E-state index in [1.165, 1.54) is 5.56 Å². The van der Waals surface area contributed by atoms with Crippen molar-refractivity contribution < 1.29 is 9.84 Å². The zero-order valence-corrected chi connectivity index (χ0v) is 15.5. The van der Waals surface area contributed by atoms with E-state index < -0.39 is 0 Å². The summed E-state index contributed by atoms with van der Waals surface area (Å²) >= 11 is 0. The number of phenols is 1. The summed E-state index contributed by atoms with van der Waals surface area (Å²) in [6.07, 6.45) is 1.97. The predicted octanol–water partition coefficient (Wildman–Crippen LogP) is 5.20. The summed E-state index contributed by atoms with van der Waals surface area (Å²) in [7, 11) is 1.67. The van der Waals surface area contributed by atoms with Crippen LogP contribution in [0.2, 0.25) is 0 Å². The van der Waals surface area contributed by atoms with Crippen molar-refractivity contribution in [3.63, 3.8) is 0 Å². The van der Waals surface area contributed by atoms with Crippen LogP contribution in [-0.4, -0.2) is 12.2 Å². The molecule has 3 aromatic rings. The minimum atomic E-state index is 0.00964. The standard InChI is InChI=1S/C24H25NO2/c1-3-22(18-9-5-4-6-10-18)24(19-13-15-21(27-2)16-14-19)25-17-20-11-7-8-12-23(20)26/h3-16,22,24-26H,1,17H2,2H3/t22-,24-/m1/s1. The first kappa shape index (κ1) is 18.7. The molecule has 0 heterocycles. The topological polar surface area (TPSA) is 41.5 Å². The van der Waals surface area contributed by atoms with Crippen molar-refractivity contribution in [2.24, 2.45) is 0 Å².